The van der Waals surface area contributed by atoms with E-state index in [9.17, 15) is 0 Å². The number of likely N-dealkylation sites (tertiary alicyclic amines) is 1. The highest BCUT2D eigenvalue weighted by molar-refractivity contribution is 4.78. The van der Waals surface area contributed by atoms with Gasteiger partial charge in [0.1, 0.15) is 0 Å². The monoisotopic (exact) mass is 309 g/mol. The Morgan fingerprint density at radius 1 is 1.00 bits per heavy atom. The van der Waals surface area contributed by atoms with E-state index in [0.29, 0.717) is 0 Å². The fraction of sp³-hybridized carbons (Fsp3) is 0.882. The van der Waals surface area contributed by atoms with Gasteiger partial charge < -0.3 is 16.4 Å². The number of rotatable bonds is 7. The predicted molar refractivity (Wildman–Crippen MR) is 92.4 cm³/mol. The first-order valence-electron chi connectivity index (χ1n) is 8.52. The summed E-state index contributed by atoms with van der Waals surface area (Å²) in [5.41, 5.74) is 8.31. The number of unbranched alkanes of at least 4 members (excludes halogenated alkanes) is 5. The van der Waals surface area contributed by atoms with Gasteiger partial charge in [0.2, 0.25) is 0 Å². The van der Waals surface area contributed by atoms with Crippen LogP contribution in [0.4, 0.5) is 0 Å². The Kier molecular flexibility index (Phi) is 18.2. The second-order valence-electron chi connectivity index (χ2n) is 5.92. The molecule has 0 aromatic carbocycles. The van der Waals surface area contributed by atoms with Crippen molar-refractivity contribution in [3.8, 4) is 12.4 Å². The van der Waals surface area contributed by atoms with Gasteiger partial charge in [0.25, 0.3) is 0 Å². The molecule has 1 fully saturated rings. The lowest BCUT2D eigenvalue weighted by Crippen LogP contribution is -2.42. The SMILES string of the molecule is CCCCCCCCN1CCCC(C)C1C.N#CN.N#CN. The van der Waals surface area contributed by atoms with Crippen molar-refractivity contribution in [1.29, 1.82) is 10.5 Å². The second-order valence-corrected chi connectivity index (χ2v) is 5.92. The van der Waals surface area contributed by atoms with E-state index in [-0.39, 0.29) is 0 Å². The fourth-order valence-electron chi connectivity index (χ4n) is 2.83. The van der Waals surface area contributed by atoms with Gasteiger partial charge in [-0.25, -0.2) is 0 Å². The summed E-state index contributed by atoms with van der Waals surface area (Å²) >= 11 is 0. The van der Waals surface area contributed by atoms with Crippen molar-refractivity contribution in [2.75, 3.05) is 13.1 Å². The van der Waals surface area contributed by atoms with Gasteiger partial charge in [-0.1, -0.05) is 46.0 Å². The highest BCUT2D eigenvalue weighted by atomic mass is 15.2. The number of hydrogen-bond acceptors (Lipinski definition) is 5. The molecule has 0 aromatic rings. The van der Waals surface area contributed by atoms with Crippen LogP contribution in [0, 0.1) is 28.8 Å². The third kappa shape index (κ3) is 13.5. The van der Waals surface area contributed by atoms with E-state index < -0.39 is 0 Å². The van der Waals surface area contributed by atoms with Gasteiger partial charge >= 0.3 is 0 Å². The molecule has 0 saturated carbocycles. The summed E-state index contributed by atoms with van der Waals surface area (Å²) in [4.78, 5) is 2.72. The molecule has 5 heteroatoms. The number of hydrogen-bond donors (Lipinski definition) is 2. The highest BCUT2D eigenvalue weighted by Crippen LogP contribution is 2.23. The Morgan fingerprint density at radius 3 is 2.05 bits per heavy atom. The van der Waals surface area contributed by atoms with Crippen LogP contribution >= 0.6 is 0 Å². The smallest absolute Gasteiger partial charge is 0.173 e. The minimum absolute atomic E-state index is 0.824. The minimum atomic E-state index is 0.824. The standard InChI is InChI=1S/C15H31N.2CH2N2/c1-4-5-6-7-8-9-12-16-13-10-11-14(2)15(16)3;2*2-1-3/h14-15H,4-13H2,1-3H3;2*2H2. The van der Waals surface area contributed by atoms with Crippen LogP contribution in [0.1, 0.15) is 72.1 Å². The lowest BCUT2D eigenvalue weighted by Gasteiger charge is -2.37. The van der Waals surface area contributed by atoms with Crippen LogP contribution in [0.5, 0.6) is 0 Å². The highest BCUT2D eigenvalue weighted by Gasteiger charge is 2.23. The third-order valence-corrected chi connectivity index (χ3v) is 4.30. The summed E-state index contributed by atoms with van der Waals surface area (Å²) in [6.07, 6.45) is 13.9. The Morgan fingerprint density at radius 2 is 1.50 bits per heavy atom. The van der Waals surface area contributed by atoms with Gasteiger partial charge in [-0.3, -0.25) is 0 Å². The normalized spacial score (nSPS) is 20.4. The summed E-state index contributed by atoms with van der Waals surface area (Å²) in [7, 11) is 0. The molecule has 128 valence electrons. The summed E-state index contributed by atoms with van der Waals surface area (Å²) in [5, 5.41) is 14.2. The lowest BCUT2D eigenvalue weighted by molar-refractivity contribution is 0.112. The van der Waals surface area contributed by atoms with Gasteiger partial charge in [-0.2, -0.15) is 10.5 Å². The largest absolute Gasteiger partial charge is 0.337 e. The number of nitrogens with zero attached hydrogens (tertiary/aromatic N) is 3. The van der Waals surface area contributed by atoms with Crippen LogP contribution in [-0.4, -0.2) is 24.0 Å². The van der Waals surface area contributed by atoms with Crippen molar-refractivity contribution in [1.82, 2.24) is 4.90 Å². The molecule has 0 radical (unpaired) electrons. The van der Waals surface area contributed by atoms with Crippen LogP contribution in [0.3, 0.4) is 0 Å². The molecule has 0 spiro atoms. The maximum atomic E-state index is 7.10. The molecule has 1 aliphatic heterocycles. The zero-order valence-electron chi connectivity index (χ0n) is 14.7. The average molecular weight is 310 g/mol. The zero-order chi connectivity index (χ0) is 17.2. The first-order chi connectivity index (χ1) is 10.6. The van der Waals surface area contributed by atoms with Crippen molar-refractivity contribution < 1.29 is 0 Å². The van der Waals surface area contributed by atoms with E-state index in [0.717, 1.165) is 12.0 Å². The Labute approximate surface area is 137 Å². The lowest BCUT2D eigenvalue weighted by atomic mass is 9.92. The van der Waals surface area contributed by atoms with Crippen LogP contribution in [0.25, 0.3) is 0 Å². The van der Waals surface area contributed by atoms with Crippen molar-refractivity contribution >= 4 is 0 Å². The first-order valence-corrected chi connectivity index (χ1v) is 8.52. The fourth-order valence-corrected chi connectivity index (χ4v) is 2.83. The van der Waals surface area contributed by atoms with E-state index in [1.807, 2.05) is 0 Å². The van der Waals surface area contributed by atoms with Gasteiger partial charge in [-0.05, 0) is 45.2 Å². The zero-order valence-corrected chi connectivity index (χ0v) is 14.7. The molecule has 22 heavy (non-hydrogen) atoms. The van der Waals surface area contributed by atoms with E-state index in [4.69, 9.17) is 10.5 Å². The maximum Gasteiger partial charge on any atom is 0.173 e. The number of piperidine rings is 1. The molecule has 0 bridgehead atoms. The number of nitriles is 2. The molecule has 1 heterocycles. The molecule has 0 amide bonds. The summed E-state index contributed by atoms with van der Waals surface area (Å²) in [5.74, 6) is 0.911. The Balaban J connectivity index is 0. The predicted octanol–water partition coefficient (Wildman–Crippen LogP) is 3.32. The molecule has 1 aliphatic rings. The molecule has 0 aromatic heterocycles. The summed E-state index contributed by atoms with van der Waals surface area (Å²) < 4.78 is 0. The van der Waals surface area contributed by atoms with E-state index in [1.54, 1.807) is 0 Å². The summed E-state index contributed by atoms with van der Waals surface area (Å²) in [6.45, 7) is 9.81. The topological polar surface area (TPSA) is 103 Å². The van der Waals surface area contributed by atoms with Crippen molar-refractivity contribution in [2.24, 2.45) is 17.4 Å². The molecule has 5 nitrogen and oxygen atoms in total. The maximum absolute atomic E-state index is 7.10. The molecule has 1 saturated heterocycles. The van der Waals surface area contributed by atoms with Gasteiger partial charge in [0.15, 0.2) is 12.4 Å². The Hall–Kier alpha value is -1.46. The molecule has 2 atom stereocenters. The van der Waals surface area contributed by atoms with Crippen LogP contribution < -0.4 is 11.5 Å². The van der Waals surface area contributed by atoms with Crippen LogP contribution in [0.2, 0.25) is 0 Å². The minimum Gasteiger partial charge on any atom is -0.337 e. The first kappa shape index (κ1) is 22.8. The van der Waals surface area contributed by atoms with Crippen molar-refractivity contribution in [3.63, 3.8) is 0 Å². The molecule has 1 rings (SSSR count). The summed E-state index contributed by atoms with van der Waals surface area (Å²) in [6, 6.07) is 0.824. The Bertz CT molecular complexity index is 293. The van der Waals surface area contributed by atoms with Crippen molar-refractivity contribution in [2.45, 2.75) is 78.2 Å². The molecule has 2 unspecified atom stereocenters. The number of nitrogens with two attached hydrogens (primary N) is 2. The average Bonchev–Trinajstić information content (AvgIpc) is 2.48. The van der Waals surface area contributed by atoms with Gasteiger partial charge in [0, 0.05) is 6.04 Å². The van der Waals surface area contributed by atoms with E-state index in [1.165, 1.54) is 76.8 Å². The molecule has 4 N–H and O–H groups in total. The van der Waals surface area contributed by atoms with Gasteiger partial charge in [-0.15, -0.1) is 0 Å². The second kappa shape index (κ2) is 17.6. The molecule has 0 aliphatic carbocycles. The van der Waals surface area contributed by atoms with Crippen LogP contribution in [0.15, 0.2) is 0 Å². The third-order valence-electron chi connectivity index (χ3n) is 4.30. The molecular formula is C17H35N5. The van der Waals surface area contributed by atoms with Crippen molar-refractivity contribution in [3.05, 3.63) is 0 Å². The van der Waals surface area contributed by atoms with E-state index in [2.05, 4.69) is 37.1 Å². The van der Waals surface area contributed by atoms with Crippen LogP contribution in [-0.2, 0) is 0 Å². The molecular weight excluding hydrogens is 274 g/mol. The van der Waals surface area contributed by atoms with E-state index >= 15 is 0 Å². The quantitative estimate of drug-likeness (QED) is 0.426. The van der Waals surface area contributed by atoms with Gasteiger partial charge in [0.05, 0.1) is 0 Å².